The summed E-state index contributed by atoms with van der Waals surface area (Å²) >= 11 is 0. The third-order valence-electron chi connectivity index (χ3n) is 3.06. The van der Waals surface area contributed by atoms with Crippen molar-refractivity contribution in [2.45, 2.75) is 58.9 Å². The number of nitrogens with one attached hydrogen (secondary N) is 2. The lowest BCUT2D eigenvalue weighted by atomic mass is 10.1. The summed E-state index contributed by atoms with van der Waals surface area (Å²) in [5, 5.41) is 6.66. The van der Waals surface area contributed by atoms with Gasteiger partial charge < -0.3 is 10.6 Å². The minimum atomic E-state index is 0.458. The van der Waals surface area contributed by atoms with Gasteiger partial charge in [0.2, 0.25) is 0 Å². The molecule has 0 aromatic carbocycles. The normalized spacial score (nSPS) is 12.2. The maximum Gasteiger partial charge on any atom is 0.134 e. The number of hydrogen-bond acceptors (Lipinski definition) is 4. The van der Waals surface area contributed by atoms with E-state index in [9.17, 15) is 0 Å². The van der Waals surface area contributed by atoms with Crippen LogP contribution in [0.15, 0.2) is 6.33 Å². The van der Waals surface area contributed by atoms with Gasteiger partial charge in [-0.05, 0) is 19.8 Å². The van der Waals surface area contributed by atoms with Gasteiger partial charge in [0, 0.05) is 18.7 Å². The smallest absolute Gasteiger partial charge is 0.134 e. The number of unbranched alkanes of at least 4 members (excludes halogenated alkanes) is 1. The maximum absolute atomic E-state index is 4.39. The summed E-state index contributed by atoms with van der Waals surface area (Å²) in [4.78, 5) is 8.68. The molecule has 0 aliphatic carbocycles. The number of nitrogens with zero attached hydrogens (tertiary/aromatic N) is 2. The Kier molecular flexibility index (Phi) is 6.47. The van der Waals surface area contributed by atoms with Crippen LogP contribution in [0.25, 0.3) is 0 Å². The fraction of sp³-hybridized carbons (Fsp3) is 0.714. The van der Waals surface area contributed by atoms with Crippen LogP contribution < -0.4 is 10.6 Å². The van der Waals surface area contributed by atoms with E-state index in [1.54, 1.807) is 6.33 Å². The van der Waals surface area contributed by atoms with Gasteiger partial charge in [0.15, 0.2) is 0 Å². The quantitative estimate of drug-likeness (QED) is 0.742. The summed E-state index contributed by atoms with van der Waals surface area (Å²) in [6.07, 6.45) is 7.39. The van der Waals surface area contributed by atoms with Crippen molar-refractivity contribution in [3.63, 3.8) is 0 Å². The second-order valence-electron chi connectivity index (χ2n) is 4.74. The average Bonchev–Trinajstić information content (AvgIpc) is 2.38. The van der Waals surface area contributed by atoms with E-state index >= 15 is 0 Å². The molecule has 1 atom stereocenters. The van der Waals surface area contributed by atoms with Crippen molar-refractivity contribution in [2.24, 2.45) is 0 Å². The van der Waals surface area contributed by atoms with Crippen LogP contribution >= 0.6 is 0 Å². The number of anilines is 2. The molecule has 0 bridgehead atoms. The third kappa shape index (κ3) is 4.17. The standard InChI is InChI=1S/C14H26N4/c1-5-7-9-11(3)18-14-12(8-6-2)13(15-4)16-10-17-14/h10-11H,5-9H2,1-4H3,(H2,15,16,17,18). The van der Waals surface area contributed by atoms with E-state index in [1.165, 1.54) is 24.8 Å². The SMILES string of the molecule is CCCCC(C)Nc1ncnc(NC)c1CCC. The topological polar surface area (TPSA) is 49.8 Å². The van der Waals surface area contributed by atoms with Crippen molar-refractivity contribution in [3.8, 4) is 0 Å². The molecule has 2 N–H and O–H groups in total. The lowest BCUT2D eigenvalue weighted by molar-refractivity contribution is 0.642. The highest BCUT2D eigenvalue weighted by Gasteiger charge is 2.11. The highest BCUT2D eigenvalue weighted by Crippen LogP contribution is 2.22. The van der Waals surface area contributed by atoms with Gasteiger partial charge in [0.1, 0.15) is 18.0 Å². The summed E-state index contributed by atoms with van der Waals surface area (Å²) < 4.78 is 0. The lowest BCUT2D eigenvalue weighted by Crippen LogP contribution is -2.18. The van der Waals surface area contributed by atoms with Gasteiger partial charge in [-0.3, -0.25) is 0 Å². The average molecular weight is 250 g/mol. The van der Waals surface area contributed by atoms with Crippen LogP contribution in [0.5, 0.6) is 0 Å². The number of aromatic nitrogens is 2. The van der Waals surface area contributed by atoms with Crippen molar-refractivity contribution >= 4 is 11.6 Å². The molecular formula is C14H26N4. The first-order valence-corrected chi connectivity index (χ1v) is 7.01. The molecular weight excluding hydrogens is 224 g/mol. The van der Waals surface area contributed by atoms with Gasteiger partial charge in [0.05, 0.1) is 0 Å². The van der Waals surface area contributed by atoms with E-state index < -0.39 is 0 Å². The molecule has 4 nitrogen and oxygen atoms in total. The van der Waals surface area contributed by atoms with Gasteiger partial charge in [-0.1, -0.05) is 33.1 Å². The van der Waals surface area contributed by atoms with Crippen LogP contribution in [0.1, 0.15) is 52.0 Å². The monoisotopic (exact) mass is 250 g/mol. The Hall–Kier alpha value is -1.32. The van der Waals surface area contributed by atoms with E-state index in [0.29, 0.717) is 6.04 Å². The Bertz CT molecular complexity index is 352. The first-order chi connectivity index (χ1) is 8.72. The zero-order valence-corrected chi connectivity index (χ0v) is 12.1. The molecule has 0 radical (unpaired) electrons. The minimum Gasteiger partial charge on any atom is -0.373 e. The Morgan fingerprint density at radius 3 is 2.50 bits per heavy atom. The second-order valence-corrected chi connectivity index (χ2v) is 4.74. The zero-order chi connectivity index (χ0) is 13.4. The predicted octanol–water partition coefficient (Wildman–Crippen LogP) is 3.46. The van der Waals surface area contributed by atoms with Crippen LogP contribution in [0.2, 0.25) is 0 Å². The van der Waals surface area contributed by atoms with Gasteiger partial charge in [0.25, 0.3) is 0 Å². The van der Waals surface area contributed by atoms with Crippen LogP contribution in [-0.4, -0.2) is 23.1 Å². The number of rotatable bonds is 8. The van der Waals surface area contributed by atoms with E-state index in [0.717, 1.165) is 24.5 Å². The Morgan fingerprint density at radius 1 is 1.17 bits per heavy atom. The molecule has 0 fully saturated rings. The van der Waals surface area contributed by atoms with E-state index in [1.807, 2.05) is 7.05 Å². The highest BCUT2D eigenvalue weighted by molar-refractivity contribution is 5.57. The molecule has 1 aromatic rings. The second kappa shape index (κ2) is 7.90. The molecule has 4 heteroatoms. The minimum absolute atomic E-state index is 0.458. The van der Waals surface area contributed by atoms with E-state index in [2.05, 4.69) is 41.4 Å². The summed E-state index contributed by atoms with van der Waals surface area (Å²) in [5.74, 6) is 1.93. The molecule has 1 rings (SSSR count). The third-order valence-corrected chi connectivity index (χ3v) is 3.06. The van der Waals surface area contributed by atoms with Crippen LogP contribution in [-0.2, 0) is 6.42 Å². The molecule has 0 spiro atoms. The number of hydrogen-bond donors (Lipinski definition) is 2. The molecule has 0 aliphatic rings. The van der Waals surface area contributed by atoms with Gasteiger partial charge in [-0.2, -0.15) is 0 Å². The summed E-state index contributed by atoms with van der Waals surface area (Å²) in [7, 11) is 1.91. The molecule has 0 aliphatic heterocycles. The Labute approximate surface area is 111 Å². The molecule has 0 saturated heterocycles. The zero-order valence-electron chi connectivity index (χ0n) is 12.1. The van der Waals surface area contributed by atoms with Crippen molar-refractivity contribution in [2.75, 3.05) is 17.7 Å². The first-order valence-electron chi connectivity index (χ1n) is 7.01. The van der Waals surface area contributed by atoms with Crippen LogP contribution in [0, 0.1) is 0 Å². The molecule has 0 saturated carbocycles. The Morgan fingerprint density at radius 2 is 1.89 bits per heavy atom. The fourth-order valence-electron chi connectivity index (χ4n) is 2.05. The van der Waals surface area contributed by atoms with Gasteiger partial charge in [-0.25, -0.2) is 9.97 Å². The maximum atomic E-state index is 4.39. The largest absolute Gasteiger partial charge is 0.373 e. The van der Waals surface area contributed by atoms with Crippen LogP contribution in [0.4, 0.5) is 11.6 Å². The van der Waals surface area contributed by atoms with Gasteiger partial charge in [-0.15, -0.1) is 0 Å². The predicted molar refractivity (Wildman–Crippen MR) is 78.2 cm³/mol. The van der Waals surface area contributed by atoms with Gasteiger partial charge >= 0.3 is 0 Å². The lowest BCUT2D eigenvalue weighted by Gasteiger charge is -2.18. The molecule has 1 unspecified atom stereocenters. The molecule has 1 heterocycles. The van der Waals surface area contributed by atoms with Crippen molar-refractivity contribution in [1.29, 1.82) is 0 Å². The molecule has 102 valence electrons. The summed E-state index contributed by atoms with van der Waals surface area (Å²) in [5.41, 5.74) is 1.20. The van der Waals surface area contributed by atoms with Crippen molar-refractivity contribution in [3.05, 3.63) is 11.9 Å². The summed E-state index contributed by atoms with van der Waals surface area (Å²) in [6, 6.07) is 0.458. The molecule has 1 aromatic heterocycles. The van der Waals surface area contributed by atoms with E-state index in [4.69, 9.17) is 0 Å². The van der Waals surface area contributed by atoms with Crippen molar-refractivity contribution < 1.29 is 0 Å². The Balaban J connectivity index is 2.79. The van der Waals surface area contributed by atoms with E-state index in [-0.39, 0.29) is 0 Å². The fourth-order valence-corrected chi connectivity index (χ4v) is 2.05. The highest BCUT2D eigenvalue weighted by atomic mass is 15.1. The van der Waals surface area contributed by atoms with Crippen molar-refractivity contribution in [1.82, 2.24) is 9.97 Å². The first kappa shape index (κ1) is 14.7. The van der Waals surface area contributed by atoms with Crippen LogP contribution in [0.3, 0.4) is 0 Å². The molecule has 18 heavy (non-hydrogen) atoms. The summed E-state index contributed by atoms with van der Waals surface area (Å²) in [6.45, 7) is 6.61. The molecule has 0 amide bonds.